The van der Waals surface area contributed by atoms with E-state index in [0.29, 0.717) is 12.4 Å². The molecule has 0 N–H and O–H groups in total. The van der Waals surface area contributed by atoms with Crippen LogP contribution in [0.4, 0.5) is 0 Å². The van der Waals surface area contributed by atoms with Crippen molar-refractivity contribution in [1.29, 1.82) is 0 Å². The monoisotopic (exact) mass is 365 g/mol. The van der Waals surface area contributed by atoms with E-state index in [0.717, 1.165) is 39.3 Å². The van der Waals surface area contributed by atoms with Crippen LogP contribution in [0.15, 0.2) is 59.9 Å². The van der Waals surface area contributed by atoms with Gasteiger partial charge in [-0.05, 0) is 23.8 Å². The molecular formula is C19H23N7O. The van der Waals surface area contributed by atoms with Crippen molar-refractivity contribution in [3.63, 3.8) is 0 Å². The van der Waals surface area contributed by atoms with Crippen molar-refractivity contribution in [3.05, 3.63) is 71.0 Å². The molecule has 0 radical (unpaired) electrons. The molecule has 8 heteroatoms. The van der Waals surface area contributed by atoms with Crippen LogP contribution in [0, 0.1) is 0 Å². The summed E-state index contributed by atoms with van der Waals surface area (Å²) in [5.74, 6) is 0.654. The molecule has 0 unspecified atom stereocenters. The largest absolute Gasteiger partial charge is 0.299 e. The first kappa shape index (κ1) is 17.6. The summed E-state index contributed by atoms with van der Waals surface area (Å²) < 4.78 is 3.19. The van der Waals surface area contributed by atoms with E-state index in [9.17, 15) is 4.79 Å². The maximum Gasteiger partial charge on any atom is 0.266 e. The number of hydrogen-bond acceptors (Lipinski definition) is 6. The van der Waals surface area contributed by atoms with E-state index in [-0.39, 0.29) is 5.56 Å². The molecule has 8 nitrogen and oxygen atoms in total. The van der Waals surface area contributed by atoms with Crippen LogP contribution in [-0.4, -0.2) is 67.1 Å². The SMILES string of the molecule is O=c1ccc(-n2cccn2)nn1CCN1CCN(Cc2cccnc2)CC1. The Balaban J connectivity index is 1.30. The van der Waals surface area contributed by atoms with E-state index in [2.05, 4.69) is 31.0 Å². The van der Waals surface area contributed by atoms with E-state index >= 15 is 0 Å². The van der Waals surface area contributed by atoms with Gasteiger partial charge in [-0.1, -0.05) is 6.07 Å². The average Bonchev–Trinajstić information content (AvgIpc) is 3.24. The molecule has 0 amide bonds. The summed E-state index contributed by atoms with van der Waals surface area (Å²) in [6, 6.07) is 9.18. The maximum atomic E-state index is 12.1. The Labute approximate surface area is 157 Å². The number of hydrogen-bond donors (Lipinski definition) is 0. The molecule has 3 aromatic heterocycles. The Morgan fingerprint density at radius 1 is 0.926 bits per heavy atom. The zero-order valence-corrected chi connectivity index (χ0v) is 15.2. The molecule has 0 aromatic carbocycles. The van der Waals surface area contributed by atoms with Crippen LogP contribution in [0.3, 0.4) is 0 Å². The highest BCUT2D eigenvalue weighted by Gasteiger charge is 2.17. The summed E-state index contributed by atoms with van der Waals surface area (Å²) in [5.41, 5.74) is 1.17. The predicted molar refractivity (Wildman–Crippen MR) is 102 cm³/mol. The fourth-order valence-corrected chi connectivity index (χ4v) is 3.28. The summed E-state index contributed by atoms with van der Waals surface area (Å²) >= 11 is 0. The van der Waals surface area contributed by atoms with Crippen LogP contribution in [0.25, 0.3) is 5.82 Å². The lowest BCUT2D eigenvalue weighted by atomic mass is 10.2. The lowest BCUT2D eigenvalue weighted by molar-refractivity contribution is 0.122. The average molecular weight is 365 g/mol. The zero-order valence-electron chi connectivity index (χ0n) is 15.2. The van der Waals surface area contributed by atoms with Crippen LogP contribution >= 0.6 is 0 Å². The van der Waals surface area contributed by atoms with Crippen molar-refractivity contribution in [3.8, 4) is 5.82 Å². The Morgan fingerprint density at radius 3 is 2.52 bits per heavy atom. The molecule has 4 heterocycles. The third-order valence-electron chi connectivity index (χ3n) is 4.81. The molecule has 0 atom stereocenters. The second-order valence-corrected chi connectivity index (χ2v) is 6.68. The smallest absolute Gasteiger partial charge is 0.266 e. The lowest BCUT2D eigenvalue weighted by Gasteiger charge is -2.34. The van der Waals surface area contributed by atoms with Crippen LogP contribution in [0.1, 0.15) is 5.56 Å². The van der Waals surface area contributed by atoms with E-state index in [1.165, 1.54) is 10.2 Å². The highest BCUT2D eigenvalue weighted by Crippen LogP contribution is 2.07. The molecule has 1 saturated heterocycles. The van der Waals surface area contributed by atoms with Crippen molar-refractivity contribution in [2.45, 2.75) is 13.1 Å². The minimum Gasteiger partial charge on any atom is -0.299 e. The van der Waals surface area contributed by atoms with Gasteiger partial charge < -0.3 is 0 Å². The second kappa shape index (κ2) is 8.24. The number of piperazine rings is 1. The summed E-state index contributed by atoms with van der Waals surface area (Å²) in [5, 5.41) is 8.60. The van der Waals surface area contributed by atoms with Crippen molar-refractivity contribution < 1.29 is 0 Å². The molecule has 1 fully saturated rings. The molecule has 4 rings (SSSR count). The van der Waals surface area contributed by atoms with Crippen molar-refractivity contribution in [2.75, 3.05) is 32.7 Å². The van der Waals surface area contributed by atoms with Crippen LogP contribution in [-0.2, 0) is 13.1 Å². The second-order valence-electron chi connectivity index (χ2n) is 6.68. The van der Waals surface area contributed by atoms with Crippen LogP contribution in [0.2, 0.25) is 0 Å². The maximum absolute atomic E-state index is 12.1. The molecular weight excluding hydrogens is 342 g/mol. The van der Waals surface area contributed by atoms with Gasteiger partial charge >= 0.3 is 0 Å². The quantitative estimate of drug-likeness (QED) is 0.638. The molecule has 3 aromatic rings. The van der Waals surface area contributed by atoms with Gasteiger partial charge in [0.25, 0.3) is 5.56 Å². The molecule has 140 valence electrons. The molecule has 1 aliphatic heterocycles. The first-order valence-corrected chi connectivity index (χ1v) is 9.20. The molecule has 0 spiro atoms. The van der Waals surface area contributed by atoms with Crippen molar-refractivity contribution in [2.24, 2.45) is 0 Å². The van der Waals surface area contributed by atoms with Gasteiger partial charge in [-0.2, -0.15) is 5.10 Å². The Kier molecular flexibility index (Phi) is 5.36. The van der Waals surface area contributed by atoms with Crippen LogP contribution < -0.4 is 5.56 Å². The van der Waals surface area contributed by atoms with Crippen LogP contribution in [0.5, 0.6) is 0 Å². The van der Waals surface area contributed by atoms with Crippen molar-refractivity contribution in [1.82, 2.24) is 34.3 Å². The third kappa shape index (κ3) is 4.47. The van der Waals surface area contributed by atoms with E-state index in [4.69, 9.17) is 0 Å². The molecule has 0 saturated carbocycles. The standard InChI is InChI=1S/C19H23N7O/c27-19-5-4-18(25-8-2-7-21-25)22-26(19)14-13-23-9-11-24(12-10-23)16-17-3-1-6-20-15-17/h1-8,15H,9-14,16H2. The van der Waals surface area contributed by atoms with Gasteiger partial charge in [0.05, 0.1) is 6.54 Å². The molecule has 0 aliphatic carbocycles. The summed E-state index contributed by atoms with van der Waals surface area (Å²) in [6.07, 6.45) is 7.25. The van der Waals surface area contributed by atoms with Gasteiger partial charge in [-0.3, -0.25) is 19.6 Å². The summed E-state index contributed by atoms with van der Waals surface area (Å²) in [7, 11) is 0. The predicted octanol–water partition coefficient (Wildman–Crippen LogP) is 0.642. The number of aromatic nitrogens is 5. The van der Waals surface area contributed by atoms with E-state index in [1.807, 2.05) is 24.5 Å². The Morgan fingerprint density at radius 2 is 1.78 bits per heavy atom. The number of pyridine rings is 1. The first-order valence-electron chi connectivity index (χ1n) is 9.20. The Hall–Kier alpha value is -2.84. The fraction of sp³-hybridized carbons (Fsp3) is 0.368. The van der Waals surface area contributed by atoms with Gasteiger partial charge in [-0.15, -0.1) is 5.10 Å². The lowest BCUT2D eigenvalue weighted by Crippen LogP contribution is -2.47. The van der Waals surface area contributed by atoms with Gasteiger partial charge in [0.1, 0.15) is 0 Å². The molecule has 27 heavy (non-hydrogen) atoms. The highest BCUT2D eigenvalue weighted by atomic mass is 16.1. The summed E-state index contributed by atoms with van der Waals surface area (Å²) in [6.45, 7) is 6.36. The minimum absolute atomic E-state index is 0.0823. The number of rotatable bonds is 6. The van der Waals surface area contributed by atoms with E-state index < -0.39 is 0 Å². The van der Waals surface area contributed by atoms with Gasteiger partial charge in [0.2, 0.25) is 0 Å². The van der Waals surface area contributed by atoms with E-state index in [1.54, 1.807) is 29.2 Å². The first-order chi connectivity index (χ1) is 13.3. The fourth-order valence-electron chi connectivity index (χ4n) is 3.28. The highest BCUT2D eigenvalue weighted by molar-refractivity contribution is 5.17. The van der Waals surface area contributed by atoms with Gasteiger partial charge in [0, 0.05) is 70.1 Å². The minimum atomic E-state index is -0.0823. The Bertz CT molecular complexity index is 899. The molecule has 0 bridgehead atoms. The van der Waals surface area contributed by atoms with Gasteiger partial charge in [-0.25, -0.2) is 9.36 Å². The zero-order chi connectivity index (χ0) is 18.5. The molecule has 1 aliphatic rings. The number of nitrogens with zero attached hydrogens (tertiary/aromatic N) is 7. The normalized spacial score (nSPS) is 15.9. The summed E-state index contributed by atoms with van der Waals surface area (Å²) in [4.78, 5) is 21.1. The van der Waals surface area contributed by atoms with Crippen molar-refractivity contribution >= 4 is 0 Å². The topological polar surface area (TPSA) is 72.1 Å². The van der Waals surface area contributed by atoms with Gasteiger partial charge in [0.15, 0.2) is 5.82 Å². The third-order valence-corrected chi connectivity index (χ3v) is 4.81.